The summed E-state index contributed by atoms with van der Waals surface area (Å²) in [6.07, 6.45) is 6.37. The fraction of sp³-hybridized carbons (Fsp3) is 0.615. The van der Waals surface area contributed by atoms with Crippen LogP contribution in [0.15, 0.2) is 22.8 Å². The first kappa shape index (κ1) is 12.2. The highest BCUT2D eigenvalue weighted by molar-refractivity contribution is 5.78. The average Bonchev–Trinajstić information content (AvgIpc) is 2.97. The molecule has 1 saturated carbocycles. The van der Waals surface area contributed by atoms with Gasteiger partial charge >= 0.3 is 0 Å². The van der Waals surface area contributed by atoms with E-state index in [-0.39, 0.29) is 11.9 Å². The van der Waals surface area contributed by atoms with Crippen LogP contribution in [0.25, 0.3) is 0 Å². The van der Waals surface area contributed by atoms with E-state index in [1.165, 1.54) is 12.8 Å². The van der Waals surface area contributed by atoms with E-state index < -0.39 is 0 Å². The van der Waals surface area contributed by atoms with Crippen molar-refractivity contribution in [3.63, 3.8) is 0 Å². The third-order valence-electron chi connectivity index (χ3n) is 3.26. The molecule has 2 N–H and O–H groups in total. The SMILES string of the molecule is C[C@@H](NCC(=O)NC1CCCC1)c1ccco1. The van der Waals surface area contributed by atoms with Gasteiger partial charge in [0.2, 0.25) is 5.91 Å². The smallest absolute Gasteiger partial charge is 0.234 e. The lowest BCUT2D eigenvalue weighted by atomic mass is 10.2. The van der Waals surface area contributed by atoms with Crippen LogP contribution < -0.4 is 10.6 Å². The predicted octanol–water partition coefficient (Wildman–Crippen LogP) is 1.99. The number of rotatable bonds is 5. The molecule has 1 amide bonds. The maximum Gasteiger partial charge on any atom is 0.234 e. The predicted molar refractivity (Wildman–Crippen MR) is 65.5 cm³/mol. The van der Waals surface area contributed by atoms with E-state index in [0.29, 0.717) is 12.6 Å². The van der Waals surface area contributed by atoms with Gasteiger partial charge in [-0.05, 0) is 31.9 Å². The second-order valence-electron chi connectivity index (χ2n) is 4.67. The van der Waals surface area contributed by atoms with E-state index in [4.69, 9.17) is 4.42 Å². The van der Waals surface area contributed by atoms with E-state index in [9.17, 15) is 4.79 Å². The van der Waals surface area contributed by atoms with Crippen LogP contribution in [0, 0.1) is 0 Å². The summed E-state index contributed by atoms with van der Waals surface area (Å²) < 4.78 is 5.27. The lowest BCUT2D eigenvalue weighted by Gasteiger charge is -2.14. The maximum absolute atomic E-state index is 11.7. The van der Waals surface area contributed by atoms with Crippen LogP contribution >= 0.6 is 0 Å². The first-order valence-corrected chi connectivity index (χ1v) is 6.32. The maximum atomic E-state index is 11.7. The molecule has 1 atom stereocenters. The van der Waals surface area contributed by atoms with Crippen LogP contribution in [0.4, 0.5) is 0 Å². The Bertz CT molecular complexity index is 342. The molecule has 4 nitrogen and oxygen atoms in total. The van der Waals surface area contributed by atoms with Gasteiger partial charge in [0.05, 0.1) is 18.8 Å². The van der Waals surface area contributed by atoms with Gasteiger partial charge in [0.15, 0.2) is 0 Å². The van der Waals surface area contributed by atoms with Gasteiger partial charge in [0.1, 0.15) is 5.76 Å². The highest BCUT2D eigenvalue weighted by Crippen LogP contribution is 2.17. The van der Waals surface area contributed by atoms with E-state index in [0.717, 1.165) is 18.6 Å². The normalized spacial score (nSPS) is 18.2. The molecule has 94 valence electrons. The van der Waals surface area contributed by atoms with Crippen molar-refractivity contribution < 1.29 is 9.21 Å². The number of carbonyl (C=O) groups is 1. The molecule has 0 bridgehead atoms. The summed E-state index contributed by atoms with van der Waals surface area (Å²) in [7, 11) is 0. The summed E-state index contributed by atoms with van der Waals surface area (Å²) in [6, 6.07) is 4.22. The van der Waals surface area contributed by atoms with Crippen molar-refractivity contribution in [1.82, 2.24) is 10.6 Å². The Morgan fingerprint density at radius 1 is 1.53 bits per heavy atom. The van der Waals surface area contributed by atoms with Gasteiger partial charge in [-0.2, -0.15) is 0 Å². The zero-order chi connectivity index (χ0) is 12.1. The number of carbonyl (C=O) groups excluding carboxylic acids is 1. The third-order valence-corrected chi connectivity index (χ3v) is 3.26. The third kappa shape index (κ3) is 3.60. The first-order valence-electron chi connectivity index (χ1n) is 6.32. The van der Waals surface area contributed by atoms with E-state index in [1.807, 2.05) is 19.1 Å². The molecular weight excluding hydrogens is 216 g/mol. The molecule has 2 rings (SSSR count). The van der Waals surface area contributed by atoms with E-state index in [1.54, 1.807) is 6.26 Å². The minimum atomic E-state index is 0.0688. The van der Waals surface area contributed by atoms with Crippen molar-refractivity contribution in [3.8, 4) is 0 Å². The van der Waals surface area contributed by atoms with Crippen molar-refractivity contribution in [2.75, 3.05) is 6.54 Å². The molecule has 1 aliphatic carbocycles. The highest BCUT2D eigenvalue weighted by atomic mass is 16.3. The van der Waals surface area contributed by atoms with Crippen LogP contribution in [0.3, 0.4) is 0 Å². The molecule has 1 fully saturated rings. The quantitative estimate of drug-likeness (QED) is 0.822. The van der Waals surface area contributed by atoms with Crippen LogP contribution in [0.1, 0.15) is 44.4 Å². The Labute approximate surface area is 102 Å². The Kier molecular flexibility index (Phi) is 4.20. The molecule has 1 aromatic rings. The molecule has 0 aromatic carbocycles. The molecular formula is C13H20N2O2. The molecule has 0 saturated heterocycles. The fourth-order valence-electron chi connectivity index (χ4n) is 2.23. The number of amides is 1. The zero-order valence-electron chi connectivity index (χ0n) is 10.2. The molecule has 0 unspecified atom stereocenters. The number of hydrogen-bond donors (Lipinski definition) is 2. The largest absolute Gasteiger partial charge is 0.468 e. The van der Waals surface area contributed by atoms with Gasteiger partial charge in [-0.1, -0.05) is 12.8 Å². The molecule has 17 heavy (non-hydrogen) atoms. The minimum absolute atomic E-state index is 0.0688. The molecule has 1 aliphatic rings. The Morgan fingerprint density at radius 2 is 2.29 bits per heavy atom. The number of furan rings is 1. The standard InChI is InChI=1S/C13H20N2O2/c1-10(12-7-4-8-17-12)14-9-13(16)15-11-5-2-3-6-11/h4,7-8,10-11,14H,2-3,5-6,9H2,1H3,(H,15,16)/t10-/m1/s1. The van der Waals surface area contributed by atoms with E-state index in [2.05, 4.69) is 10.6 Å². The van der Waals surface area contributed by atoms with E-state index >= 15 is 0 Å². The van der Waals surface area contributed by atoms with Crippen molar-refractivity contribution in [2.45, 2.75) is 44.7 Å². The highest BCUT2D eigenvalue weighted by Gasteiger charge is 2.17. The zero-order valence-corrected chi connectivity index (χ0v) is 10.2. The van der Waals surface area contributed by atoms with Gasteiger partial charge in [0, 0.05) is 6.04 Å². The summed E-state index contributed by atoms with van der Waals surface area (Å²) in [5, 5.41) is 6.20. The van der Waals surface area contributed by atoms with Crippen molar-refractivity contribution >= 4 is 5.91 Å². The summed E-state index contributed by atoms with van der Waals surface area (Å²) in [5.74, 6) is 0.939. The summed E-state index contributed by atoms with van der Waals surface area (Å²) in [5.41, 5.74) is 0. The average molecular weight is 236 g/mol. The molecule has 0 spiro atoms. The first-order chi connectivity index (χ1) is 8.25. The number of nitrogens with one attached hydrogen (secondary N) is 2. The van der Waals surface area contributed by atoms with Gasteiger partial charge in [-0.3, -0.25) is 10.1 Å². The van der Waals surface area contributed by atoms with Crippen molar-refractivity contribution in [2.24, 2.45) is 0 Å². The summed E-state index contributed by atoms with van der Waals surface area (Å²) in [4.78, 5) is 11.7. The molecule has 1 heterocycles. The molecule has 1 aromatic heterocycles. The monoisotopic (exact) mass is 236 g/mol. The summed E-state index contributed by atoms with van der Waals surface area (Å²) in [6.45, 7) is 2.33. The van der Waals surface area contributed by atoms with Crippen LogP contribution in [0.5, 0.6) is 0 Å². The Morgan fingerprint density at radius 3 is 2.94 bits per heavy atom. The fourth-order valence-corrected chi connectivity index (χ4v) is 2.23. The molecule has 4 heteroatoms. The topological polar surface area (TPSA) is 54.3 Å². The van der Waals surface area contributed by atoms with Crippen LogP contribution in [-0.4, -0.2) is 18.5 Å². The molecule has 0 aliphatic heterocycles. The second-order valence-corrected chi connectivity index (χ2v) is 4.67. The Hall–Kier alpha value is -1.29. The lowest BCUT2D eigenvalue weighted by molar-refractivity contribution is -0.121. The van der Waals surface area contributed by atoms with Gasteiger partial charge in [0.25, 0.3) is 0 Å². The van der Waals surface area contributed by atoms with Gasteiger partial charge < -0.3 is 9.73 Å². The minimum Gasteiger partial charge on any atom is -0.468 e. The van der Waals surface area contributed by atoms with Crippen LogP contribution in [-0.2, 0) is 4.79 Å². The Balaban J connectivity index is 1.68. The van der Waals surface area contributed by atoms with Crippen molar-refractivity contribution in [3.05, 3.63) is 24.2 Å². The van der Waals surface area contributed by atoms with Gasteiger partial charge in [-0.15, -0.1) is 0 Å². The summed E-state index contributed by atoms with van der Waals surface area (Å²) >= 11 is 0. The lowest BCUT2D eigenvalue weighted by Crippen LogP contribution is -2.39. The van der Waals surface area contributed by atoms with Crippen molar-refractivity contribution in [1.29, 1.82) is 0 Å². The number of hydrogen-bond acceptors (Lipinski definition) is 3. The van der Waals surface area contributed by atoms with Gasteiger partial charge in [-0.25, -0.2) is 0 Å². The second kappa shape index (κ2) is 5.87. The van der Waals surface area contributed by atoms with Crippen LogP contribution in [0.2, 0.25) is 0 Å². The molecule has 0 radical (unpaired) electrons.